The summed E-state index contributed by atoms with van der Waals surface area (Å²) in [7, 11) is 0. The number of carbonyl (C=O) groups is 1. The SMILES string of the molecule is O=C(NCc1ccccc1)c1nnc(/C(Cl)=C/c2cnn(-c3ccccc3)c2)s1. The Morgan fingerprint density at radius 3 is 2.48 bits per heavy atom. The number of hydrogen-bond acceptors (Lipinski definition) is 5. The third kappa shape index (κ3) is 4.77. The van der Waals surface area contributed by atoms with Crippen LogP contribution >= 0.6 is 22.9 Å². The second-order valence-electron chi connectivity index (χ2n) is 6.13. The maximum Gasteiger partial charge on any atom is 0.282 e. The molecule has 6 nitrogen and oxygen atoms in total. The van der Waals surface area contributed by atoms with E-state index in [0.29, 0.717) is 16.6 Å². The van der Waals surface area contributed by atoms with Crippen molar-refractivity contribution in [1.82, 2.24) is 25.3 Å². The van der Waals surface area contributed by atoms with Gasteiger partial charge in [0, 0.05) is 18.3 Å². The van der Waals surface area contributed by atoms with Crippen molar-refractivity contribution in [1.29, 1.82) is 0 Å². The Labute approximate surface area is 176 Å². The molecule has 2 aromatic heterocycles. The molecular formula is C21H16ClN5OS. The first kappa shape index (κ1) is 19.0. The van der Waals surface area contributed by atoms with Gasteiger partial charge in [-0.15, -0.1) is 10.2 Å². The van der Waals surface area contributed by atoms with Crippen molar-refractivity contribution in [2.24, 2.45) is 0 Å². The largest absolute Gasteiger partial charge is 0.346 e. The number of nitrogens with one attached hydrogen (secondary N) is 1. The van der Waals surface area contributed by atoms with E-state index in [4.69, 9.17) is 11.6 Å². The van der Waals surface area contributed by atoms with Crippen molar-refractivity contribution in [3.63, 3.8) is 0 Å². The minimum atomic E-state index is -0.279. The van der Waals surface area contributed by atoms with Crippen LogP contribution in [0.3, 0.4) is 0 Å². The van der Waals surface area contributed by atoms with Gasteiger partial charge in [0.15, 0.2) is 5.01 Å². The Balaban J connectivity index is 1.43. The summed E-state index contributed by atoms with van der Waals surface area (Å²) < 4.78 is 1.76. The minimum absolute atomic E-state index is 0.266. The van der Waals surface area contributed by atoms with E-state index in [9.17, 15) is 4.79 Å². The molecule has 29 heavy (non-hydrogen) atoms. The molecule has 144 valence electrons. The average Bonchev–Trinajstić information content (AvgIpc) is 3.43. The van der Waals surface area contributed by atoms with Gasteiger partial charge < -0.3 is 5.32 Å². The zero-order valence-electron chi connectivity index (χ0n) is 15.2. The van der Waals surface area contributed by atoms with Crippen LogP contribution in [0.5, 0.6) is 0 Å². The van der Waals surface area contributed by atoms with Crippen molar-refractivity contribution in [2.45, 2.75) is 6.54 Å². The summed E-state index contributed by atoms with van der Waals surface area (Å²) in [5, 5.41) is 16.3. The summed E-state index contributed by atoms with van der Waals surface area (Å²) in [6.45, 7) is 0.427. The lowest BCUT2D eigenvalue weighted by Gasteiger charge is -2.01. The molecular weight excluding hydrogens is 406 g/mol. The molecule has 2 heterocycles. The molecule has 0 aliphatic rings. The monoisotopic (exact) mass is 421 g/mol. The van der Waals surface area contributed by atoms with Crippen molar-refractivity contribution < 1.29 is 4.79 Å². The number of nitrogens with zero attached hydrogens (tertiary/aromatic N) is 4. The fourth-order valence-electron chi connectivity index (χ4n) is 2.61. The first-order chi connectivity index (χ1) is 14.2. The van der Waals surface area contributed by atoms with E-state index in [2.05, 4.69) is 20.6 Å². The molecule has 0 spiro atoms. The van der Waals surface area contributed by atoms with Gasteiger partial charge in [0.2, 0.25) is 5.01 Å². The third-order valence-corrected chi connectivity index (χ3v) is 5.39. The number of para-hydroxylation sites is 1. The van der Waals surface area contributed by atoms with Crippen LogP contribution < -0.4 is 5.32 Å². The lowest BCUT2D eigenvalue weighted by Crippen LogP contribution is -2.22. The van der Waals surface area contributed by atoms with E-state index in [1.54, 1.807) is 17.0 Å². The van der Waals surface area contributed by atoms with Gasteiger partial charge in [-0.2, -0.15) is 5.10 Å². The molecule has 4 aromatic rings. The molecule has 0 saturated carbocycles. The highest BCUT2D eigenvalue weighted by Crippen LogP contribution is 2.25. The number of benzene rings is 2. The highest BCUT2D eigenvalue weighted by atomic mass is 35.5. The van der Waals surface area contributed by atoms with Gasteiger partial charge in [-0.3, -0.25) is 4.79 Å². The van der Waals surface area contributed by atoms with E-state index in [-0.39, 0.29) is 10.9 Å². The molecule has 8 heteroatoms. The Bertz CT molecular complexity index is 1140. The van der Waals surface area contributed by atoms with Gasteiger partial charge in [0.05, 0.1) is 16.9 Å². The van der Waals surface area contributed by atoms with Crippen LogP contribution in [0.25, 0.3) is 16.8 Å². The predicted octanol–water partition coefficient (Wildman–Crippen LogP) is 4.39. The van der Waals surface area contributed by atoms with Crippen molar-refractivity contribution >= 4 is 40.0 Å². The van der Waals surface area contributed by atoms with Crippen molar-refractivity contribution in [2.75, 3.05) is 0 Å². The summed E-state index contributed by atoms with van der Waals surface area (Å²) in [5.74, 6) is -0.279. The number of rotatable bonds is 6. The molecule has 0 fully saturated rings. The van der Waals surface area contributed by atoms with Crippen LogP contribution in [-0.4, -0.2) is 25.9 Å². The summed E-state index contributed by atoms with van der Waals surface area (Å²) in [4.78, 5) is 12.3. The van der Waals surface area contributed by atoms with Crippen LogP contribution in [-0.2, 0) is 6.54 Å². The zero-order chi connectivity index (χ0) is 20.1. The molecule has 1 amide bonds. The molecule has 0 bridgehead atoms. The molecule has 0 saturated heterocycles. The quantitative estimate of drug-likeness (QED) is 0.501. The Morgan fingerprint density at radius 1 is 1.03 bits per heavy atom. The number of aromatic nitrogens is 4. The smallest absolute Gasteiger partial charge is 0.282 e. The lowest BCUT2D eigenvalue weighted by molar-refractivity contribution is 0.0950. The fraction of sp³-hybridized carbons (Fsp3) is 0.0476. The standard InChI is InChI=1S/C21H16ClN5OS/c22-18(11-16-13-24-27(14-16)17-9-5-2-6-10-17)20-25-26-21(29-20)19(28)23-12-15-7-3-1-4-8-15/h1-11,13-14H,12H2,(H,23,28)/b18-11-. The zero-order valence-corrected chi connectivity index (χ0v) is 16.8. The van der Waals surface area contributed by atoms with Gasteiger partial charge in [-0.25, -0.2) is 4.68 Å². The summed E-state index contributed by atoms with van der Waals surface area (Å²) in [6, 6.07) is 19.5. The molecule has 0 unspecified atom stereocenters. The molecule has 0 aliphatic carbocycles. The second-order valence-corrected chi connectivity index (χ2v) is 7.51. The number of hydrogen-bond donors (Lipinski definition) is 1. The van der Waals surface area contributed by atoms with E-state index in [1.165, 1.54) is 0 Å². The minimum Gasteiger partial charge on any atom is -0.346 e. The Hall–Kier alpha value is -3.29. The summed E-state index contributed by atoms with van der Waals surface area (Å²) in [6.07, 6.45) is 5.33. The molecule has 2 aromatic carbocycles. The van der Waals surface area contributed by atoms with Crippen molar-refractivity contribution in [3.05, 3.63) is 94.2 Å². The average molecular weight is 422 g/mol. The van der Waals surface area contributed by atoms with Gasteiger partial charge in [0.25, 0.3) is 5.91 Å². The molecule has 0 radical (unpaired) electrons. The van der Waals surface area contributed by atoms with E-state index >= 15 is 0 Å². The number of halogens is 1. The molecule has 0 atom stereocenters. The Kier molecular flexibility index (Phi) is 5.79. The van der Waals surface area contributed by atoms with Crippen LogP contribution in [0.1, 0.15) is 25.9 Å². The van der Waals surface area contributed by atoms with Gasteiger partial charge >= 0.3 is 0 Å². The van der Waals surface area contributed by atoms with E-state index in [1.807, 2.05) is 66.9 Å². The maximum atomic E-state index is 12.3. The van der Waals surface area contributed by atoms with E-state index < -0.39 is 0 Å². The van der Waals surface area contributed by atoms with Crippen LogP contribution in [0, 0.1) is 0 Å². The highest BCUT2D eigenvalue weighted by Gasteiger charge is 2.14. The van der Waals surface area contributed by atoms with Gasteiger partial charge in [0.1, 0.15) is 0 Å². The third-order valence-electron chi connectivity index (χ3n) is 4.04. The Morgan fingerprint density at radius 2 is 1.72 bits per heavy atom. The maximum absolute atomic E-state index is 12.3. The van der Waals surface area contributed by atoms with Gasteiger partial charge in [-0.05, 0) is 23.8 Å². The number of carbonyl (C=O) groups excluding carboxylic acids is 1. The van der Waals surface area contributed by atoms with Crippen molar-refractivity contribution in [3.8, 4) is 5.69 Å². The topological polar surface area (TPSA) is 72.7 Å². The first-order valence-corrected chi connectivity index (χ1v) is 10.0. The highest BCUT2D eigenvalue weighted by molar-refractivity contribution is 7.15. The normalized spacial score (nSPS) is 11.4. The van der Waals surface area contributed by atoms with Crippen LogP contribution in [0.2, 0.25) is 0 Å². The lowest BCUT2D eigenvalue weighted by atomic mass is 10.2. The molecule has 4 rings (SSSR count). The molecule has 1 N–H and O–H groups in total. The first-order valence-electron chi connectivity index (χ1n) is 8.82. The molecule has 0 aliphatic heterocycles. The van der Waals surface area contributed by atoms with Crippen LogP contribution in [0.15, 0.2) is 73.1 Å². The van der Waals surface area contributed by atoms with E-state index in [0.717, 1.165) is 28.2 Å². The van der Waals surface area contributed by atoms with Gasteiger partial charge in [-0.1, -0.05) is 71.5 Å². The predicted molar refractivity (Wildman–Crippen MR) is 115 cm³/mol. The van der Waals surface area contributed by atoms with Crippen LogP contribution in [0.4, 0.5) is 0 Å². The fourth-order valence-corrected chi connectivity index (χ4v) is 3.55. The number of amides is 1. The summed E-state index contributed by atoms with van der Waals surface area (Å²) in [5.41, 5.74) is 2.79. The second kappa shape index (κ2) is 8.81. The summed E-state index contributed by atoms with van der Waals surface area (Å²) >= 11 is 7.53.